The van der Waals surface area contributed by atoms with Crippen LogP contribution in [-0.2, 0) is 12.8 Å². The summed E-state index contributed by atoms with van der Waals surface area (Å²) < 4.78 is 14.7. The molecule has 0 unspecified atom stereocenters. The highest BCUT2D eigenvalue weighted by molar-refractivity contribution is 9.10. The monoisotopic (exact) mass is 630 g/mol. The SMILES string of the molecule is CCCc1[nH]n(-c2ccc(OC)cc2)c(=O)c1C(c1ccc(Br)cc1)c1c(CCC)[nH]n(-c2ccc(OC)cc2)c1=O. The quantitative estimate of drug-likeness (QED) is 0.174. The molecule has 0 atom stereocenters. The van der Waals surface area contributed by atoms with Gasteiger partial charge in [0.15, 0.2) is 0 Å². The molecule has 0 aliphatic heterocycles. The molecule has 0 spiro atoms. The van der Waals surface area contributed by atoms with Gasteiger partial charge in [0.05, 0.1) is 36.7 Å². The Bertz CT molecular complexity index is 1650. The third kappa shape index (κ3) is 5.61. The molecule has 2 N–H and O–H groups in total. The highest BCUT2D eigenvalue weighted by Gasteiger charge is 2.32. The van der Waals surface area contributed by atoms with Crippen molar-refractivity contribution >= 4 is 15.9 Å². The van der Waals surface area contributed by atoms with Crippen molar-refractivity contribution in [3.8, 4) is 22.9 Å². The summed E-state index contributed by atoms with van der Waals surface area (Å²) in [6.07, 6.45) is 2.96. The number of nitrogens with one attached hydrogen (secondary N) is 2. The Hall–Kier alpha value is -4.24. The molecule has 2 aromatic heterocycles. The normalized spacial score (nSPS) is 11.3. The van der Waals surface area contributed by atoms with Gasteiger partial charge in [-0.05, 0) is 79.1 Å². The summed E-state index contributed by atoms with van der Waals surface area (Å²) in [7, 11) is 3.22. The minimum Gasteiger partial charge on any atom is -0.497 e. The molecule has 0 amide bonds. The number of aryl methyl sites for hydroxylation is 2. The summed E-state index contributed by atoms with van der Waals surface area (Å²) in [6.45, 7) is 4.16. The zero-order chi connectivity index (χ0) is 29.8. The maximum absolute atomic E-state index is 14.4. The molecule has 2 heterocycles. The second kappa shape index (κ2) is 12.7. The number of aromatic amines is 2. The van der Waals surface area contributed by atoms with E-state index in [1.54, 1.807) is 23.6 Å². The number of H-pyrrole nitrogens is 2. The van der Waals surface area contributed by atoms with Gasteiger partial charge in [-0.1, -0.05) is 54.8 Å². The Morgan fingerprint density at radius 3 is 1.43 bits per heavy atom. The zero-order valence-corrected chi connectivity index (χ0v) is 25.8. The standard InChI is InChI=1S/C33H35BrN4O4/c1-5-7-27-30(32(39)37(35-27)23-13-17-25(41-3)18-14-23)29(21-9-11-22(34)12-10-21)31-28(8-6-2)36-38(33(31)40)24-15-19-26(42-4)20-16-24/h9-20,29,35-36H,5-8H2,1-4H3. The van der Waals surface area contributed by atoms with Crippen LogP contribution in [-0.4, -0.2) is 33.8 Å². The number of methoxy groups -OCH3 is 2. The highest BCUT2D eigenvalue weighted by atomic mass is 79.9. The second-order valence-electron chi connectivity index (χ2n) is 10.2. The number of hydrogen-bond acceptors (Lipinski definition) is 4. The van der Waals surface area contributed by atoms with Crippen LogP contribution in [0.2, 0.25) is 0 Å². The predicted octanol–water partition coefficient (Wildman–Crippen LogP) is 6.51. The van der Waals surface area contributed by atoms with E-state index in [-0.39, 0.29) is 11.1 Å². The lowest BCUT2D eigenvalue weighted by molar-refractivity contribution is 0.414. The molecule has 42 heavy (non-hydrogen) atoms. The van der Waals surface area contributed by atoms with Gasteiger partial charge in [-0.2, -0.15) is 0 Å². The molecule has 218 valence electrons. The van der Waals surface area contributed by atoms with E-state index in [0.29, 0.717) is 46.8 Å². The van der Waals surface area contributed by atoms with Crippen LogP contribution in [0.3, 0.4) is 0 Å². The van der Waals surface area contributed by atoms with Gasteiger partial charge in [0, 0.05) is 21.8 Å². The third-order valence-electron chi connectivity index (χ3n) is 7.45. The molecular formula is C33H35BrN4O4. The Morgan fingerprint density at radius 2 is 1.07 bits per heavy atom. The van der Waals surface area contributed by atoms with Gasteiger partial charge in [-0.25, -0.2) is 9.36 Å². The first-order valence-corrected chi connectivity index (χ1v) is 14.9. The predicted molar refractivity (Wildman–Crippen MR) is 169 cm³/mol. The van der Waals surface area contributed by atoms with E-state index in [1.807, 2.05) is 72.8 Å². The molecule has 0 saturated carbocycles. The minimum atomic E-state index is -0.590. The zero-order valence-electron chi connectivity index (χ0n) is 24.2. The van der Waals surface area contributed by atoms with E-state index < -0.39 is 5.92 Å². The number of aromatic nitrogens is 4. The van der Waals surface area contributed by atoms with Gasteiger partial charge in [-0.3, -0.25) is 19.8 Å². The highest BCUT2D eigenvalue weighted by Crippen LogP contribution is 2.34. The number of rotatable bonds is 11. The van der Waals surface area contributed by atoms with Crippen molar-refractivity contribution in [2.24, 2.45) is 0 Å². The van der Waals surface area contributed by atoms with Gasteiger partial charge in [0.25, 0.3) is 11.1 Å². The summed E-state index contributed by atoms with van der Waals surface area (Å²) in [5.41, 5.74) is 4.65. The Kier molecular flexibility index (Phi) is 8.87. The summed E-state index contributed by atoms with van der Waals surface area (Å²) >= 11 is 3.54. The number of nitrogens with zero attached hydrogens (tertiary/aromatic N) is 2. The van der Waals surface area contributed by atoms with Crippen LogP contribution in [0.5, 0.6) is 11.5 Å². The molecule has 0 fully saturated rings. The van der Waals surface area contributed by atoms with Crippen LogP contribution in [0.1, 0.15) is 60.7 Å². The van der Waals surface area contributed by atoms with Crippen molar-refractivity contribution in [2.75, 3.05) is 14.2 Å². The first kappa shape index (κ1) is 29.3. The van der Waals surface area contributed by atoms with Crippen molar-refractivity contribution in [3.63, 3.8) is 0 Å². The van der Waals surface area contributed by atoms with Crippen molar-refractivity contribution < 1.29 is 9.47 Å². The van der Waals surface area contributed by atoms with Crippen LogP contribution >= 0.6 is 15.9 Å². The Morgan fingerprint density at radius 1 is 0.667 bits per heavy atom. The smallest absolute Gasteiger partial charge is 0.275 e. The van der Waals surface area contributed by atoms with E-state index in [4.69, 9.17) is 9.47 Å². The van der Waals surface area contributed by atoms with E-state index in [2.05, 4.69) is 40.0 Å². The molecule has 0 aliphatic carbocycles. The van der Waals surface area contributed by atoms with Crippen molar-refractivity contribution in [2.45, 2.75) is 45.4 Å². The molecule has 5 aromatic rings. The number of hydrogen-bond donors (Lipinski definition) is 2. The lowest BCUT2D eigenvalue weighted by Crippen LogP contribution is -2.25. The maximum atomic E-state index is 14.4. The van der Waals surface area contributed by atoms with Gasteiger partial charge >= 0.3 is 0 Å². The van der Waals surface area contributed by atoms with Gasteiger partial charge in [0.2, 0.25) is 0 Å². The fraction of sp³-hybridized carbons (Fsp3) is 0.273. The average Bonchev–Trinajstić information content (AvgIpc) is 3.51. The van der Waals surface area contributed by atoms with Crippen molar-refractivity contribution in [1.29, 1.82) is 0 Å². The lowest BCUT2D eigenvalue weighted by atomic mass is 9.84. The molecule has 5 rings (SSSR count). The number of benzene rings is 3. The molecule has 0 bridgehead atoms. The summed E-state index contributed by atoms with van der Waals surface area (Å²) in [4.78, 5) is 28.7. The average molecular weight is 632 g/mol. The van der Waals surface area contributed by atoms with E-state index in [1.165, 1.54) is 0 Å². The molecule has 0 saturated heterocycles. The van der Waals surface area contributed by atoms with Crippen molar-refractivity contribution in [3.05, 3.63) is 126 Å². The maximum Gasteiger partial charge on any atom is 0.275 e. The first-order chi connectivity index (χ1) is 20.4. The summed E-state index contributed by atoms with van der Waals surface area (Å²) in [6, 6.07) is 22.6. The van der Waals surface area contributed by atoms with Crippen molar-refractivity contribution in [1.82, 2.24) is 19.6 Å². The van der Waals surface area contributed by atoms with Crippen LogP contribution in [0.25, 0.3) is 11.4 Å². The lowest BCUT2D eigenvalue weighted by Gasteiger charge is -2.17. The molecule has 9 heteroatoms. The van der Waals surface area contributed by atoms with Gasteiger partial charge < -0.3 is 9.47 Å². The van der Waals surface area contributed by atoms with E-state index in [0.717, 1.165) is 34.3 Å². The first-order valence-electron chi connectivity index (χ1n) is 14.1. The Balaban J connectivity index is 1.78. The number of halogens is 1. The minimum absolute atomic E-state index is 0.185. The molecule has 0 aliphatic rings. The summed E-state index contributed by atoms with van der Waals surface area (Å²) in [5.74, 6) is 0.819. The van der Waals surface area contributed by atoms with Crippen LogP contribution in [0.4, 0.5) is 0 Å². The Labute approximate surface area is 253 Å². The van der Waals surface area contributed by atoms with Crippen LogP contribution in [0.15, 0.2) is 86.9 Å². The third-order valence-corrected chi connectivity index (χ3v) is 7.98. The van der Waals surface area contributed by atoms with Crippen LogP contribution in [0, 0.1) is 0 Å². The topological polar surface area (TPSA) is 94.0 Å². The van der Waals surface area contributed by atoms with Gasteiger partial charge in [0.1, 0.15) is 11.5 Å². The molecule has 8 nitrogen and oxygen atoms in total. The molecule has 3 aromatic carbocycles. The second-order valence-corrected chi connectivity index (χ2v) is 11.1. The van der Waals surface area contributed by atoms with Crippen LogP contribution < -0.4 is 20.6 Å². The van der Waals surface area contributed by atoms with E-state index in [9.17, 15) is 9.59 Å². The number of ether oxygens (including phenoxy) is 2. The molecule has 0 radical (unpaired) electrons. The molecular weight excluding hydrogens is 596 g/mol. The fourth-order valence-corrected chi connectivity index (χ4v) is 5.69. The summed E-state index contributed by atoms with van der Waals surface area (Å²) in [5, 5.41) is 6.76. The van der Waals surface area contributed by atoms with Gasteiger partial charge in [-0.15, -0.1) is 0 Å². The fourth-order valence-electron chi connectivity index (χ4n) is 5.43. The van der Waals surface area contributed by atoms with E-state index >= 15 is 0 Å². The largest absolute Gasteiger partial charge is 0.497 e.